The highest BCUT2D eigenvalue weighted by molar-refractivity contribution is 6.29. The maximum absolute atomic E-state index is 6.38. The van der Waals surface area contributed by atoms with Crippen LogP contribution in [0.1, 0.15) is 42.9 Å². The highest BCUT2D eigenvalue weighted by Crippen LogP contribution is 2.43. The van der Waals surface area contributed by atoms with Crippen LogP contribution in [0.25, 0.3) is 76.7 Å². The summed E-state index contributed by atoms with van der Waals surface area (Å²) < 4.78 is 6.38. The van der Waals surface area contributed by atoms with Gasteiger partial charge in [0.15, 0.2) is 0 Å². The molecule has 0 radical (unpaired) electrons. The van der Waals surface area contributed by atoms with Gasteiger partial charge < -0.3 is 4.42 Å². The standard InChI is InChI=1S/C51H37NO/c1-2-37-38(33-15-5-3-6-16-33)22-14-25-47(52-51(37)34-17-7-4-8-18-34)36-28-29-42-40-19-9-10-20-41(40)45-24-13-23-39(50(45)46(42)31-36)35-27-30-44-43-21-11-12-26-48(43)53-49(44)32-35/h3-13,15-24,26-32H,2,14,25H2,1H3/b38-22-,51-37-,52-47+. The molecule has 0 spiro atoms. The second kappa shape index (κ2) is 12.9. The number of nitrogens with zero attached hydrogens (tertiary/aromatic N) is 1. The van der Waals surface area contributed by atoms with E-state index in [4.69, 9.17) is 9.41 Å². The molecule has 0 aliphatic carbocycles. The molecular formula is C51H37NO. The molecule has 0 amide bonds. The fourth-order valence-corrected chi connectivity index (χ4v) is 8.49. The van der Waals surface area contributed by atoms with Gasteiger partial charge in [-0.15, -0.1) is 0 Å². The van der Waals surface area contributed by atoms with E-state index >= 15 is 0 Å². The zero-order valence-electron chi connectivity index (χ0n) is 29.6. The summed E-state index contributed by atoms with van der Waals surface area (Å²) in [6.07, 6.45) is 5.07. The molecule has 1 aromatic heterocycles. The van der Waals surface area contributed by atoms with E-state index < -0.39 is 0 Å². The summed E-state index contributed by atoms with van der Waals surface area (Å²) in [6, 6.07) is 59.1. The highest BCUT2D eigenvalue weighted by atomic mass is 16.3. The van der Waals surface area contributed by atoms with Gasteiger partial charge in [0.2, 0.25) is 0 Å². The van der Waals surface area contributed by atoms with Gasteiger partial charge in [-0.2, -0.15) is 0 Å². The number of rotatable bonds is 5. The summed E-state index contributed by atoms with van der Waals surface area (Å²) in [7, 11) is 0. The van der Waals surface area contributed by atoms with E-state index in [9.17, 15) is 0 Å². The molecule has 9 aromatic rings. The van der Waals surface area contributed by atoms with Crippen LogP contribution in [0.2, 0.25) is 0 Å². The Morgan fingerprint density at radius 3 is 1.91 bits per heavy atom. The molecule has 0 atom stereocenters. The highest BCUT2D eigenvalue weighted by Gasteiger charge is 2.20. The number of fused-ring (bicyclic) bond motifs is 9. The maximum Gasteiger partial charge on any atom is 0.136 e. The Hall–Kier alpha value is -6.51. The number of benzene rings is 8. The van der Waals surface area contributed by atoms with Crippen LogP contribution >= 0.6 is 0 Å². The van der Waals surface area contributed by atoms with Gasteiger partial charge in [-0.1, -0.05) is 153 Å². The first-order chi connectivity index (χ1) is 26.2. The van der Waals surface area contributed by atoms with Crippen molar-refractivity contribution in [2.24, 2.45) is 4.99 Å². The van der Waals surface area contributed by atoms with Crippen molar-refractivity contribution in [1.82, 2.24) is 0 Å². The Labute approximate surface area is 309 Å². The predicted molar refractivity (Wildman–Crippen MR) is 226 cm³/mol. The molecule has 0 fully saturated rings. The van der Waals surface area contributed by atoms with Crippen LogP contribution in [0, 0.1) is 0 Å². The molecule has 0 saturated heterocycles. The molecule has 2 heteroatoms. The van der Waals surface area contributed by atoms with E-state index in [2.05, 4.69) is 165 Å². The van der Waals surface area contributed by atoms with Crippen LogP contribution in [0.5, 0.6) is 0 Å². The Morgan fingerprint density at radius 2 is 1.11 bits per heavy atom. The second-order valence-electron chi connectivity index (χ2n) is 14.0. The van der Waals surface area contributed by atoms with Gasteiger partial charge in [-0.05, 0) is 109 Å². The summed E-state index contributed by atoms with van der Waals surface area (Å²) in [5, 5.41) is 9.81. The van der Waals surface area contributed by atoms with Gasteiger partial charge in [-0.3, -0.25) is 4.99 Å². The van der Waals surface area contributed by atoms with E-state index in [1.165, 1.54) is 54.6 Å². The number of para-hydroxylation sites is 1. The lowest BCUT2D eigenvalue weighted by atomic mass is 9.87. The van der Waals surface area contributed by atoms with Gasteiger partial charge in [-0.25, -0.2) is 0 Å². The van der Waals surface area contributed by atoms with Crippen molar-refractivity contribution >= 4 is 71.2 Å². The summed E-state index contributed by atoms with van der Waals surface area (Å²) in [4.78, 5) is 5.63. The van der Waals surface area contributed by atoms with E-state index in [0.29, 0.717) is 0 Å². The van der Waals surface area contributed by atoms with E-state index in [-0.39, 0.29) is 0 Å². The monoisotopic (exact) mass is 679 g/mol. The topological polar surface area (TPSA) is 25.5 Å². The predicted octanol–water partition coefficient (Wildman–Crippen LogP) is 14.2. The van der Waals surface area contributed by atoms with Crippen molar-refractivity contribution in [2.75, 3.05) is 0 Å². The largest absolute Gasteiger partial charge is 0.456 e. The zero-order chi connectivity index (χ0) is 35.3. The van der Waals surface area contributed by atoms with Crippen molar-refractivity contribution in [3.05, 3.63) is 192 Å². The lowest BCUT2D eigenvalue weighted by Crippen LogP contribution is -2.06. The third-order valence-electron chi connectivity index (χ3n) is 11.0. The molecule has 0 bridgehead atoms. The summed E-state index contributed by atoms with van der Waals surface area (Å²) in [6.45, 7) is 2.25. The fraction of sp³-hybridized carbons (Fsp3) is 0.0784. The second-order valence-corrected chi connectivity index (χ2v) is 14.0. The molecule has 2 nitrogen and oxygen atoms in total. The minimum Gasteiger partial charge on any atom is -0.456 e. The average Bonchev–Trinajstić information content (AvgIpc) is 3.59. The fourth-order valence-electron chi connectivity index (χ4n) is 8.49. The van der Waals surface area contributed by atoms with Crippen molar-refractivity contribution in [2.45, 2.75) is 26.2 Å². The molecule has 252 valence electrons. The van der Waals surface area contributed by atoms with E-state index in [0.717, 1.165) is 69.3 Å². The van der Waals surface area contributed by atoms with Crippen LogP contribution < -0.4 is 0 Å². The molecule has 0 saturated carbocycles. The first-order valence-corrected chi connectivity index (χ1v) is 18.7. The number of hydrogen-bond acceptors (Lipinski definition) is 2. The lowest BCUT2D eigenvalue weighted by Gasteiger charge is -2.20. The van der Waals surface area contributed by atoms with Crippen molar-refractivity contribution in [3.63, 3.8) is 0 Å². The number of furan rings is 1. The first kappa shape index (κ1) is 31.2. The SMILES string of the molecule is CCC1=C(c2ccccc2)/N=C(/c2ccc3c4ccccc4c4cccc(-c5ccc6c(c5)oc5ccccc56)c4c3c2)CC/C=C\1c1ccccc1. The molecule has 0 N–H and O–H groups in total. The third kappa shape index (κ3) is 5.29. The van der Waals surface area contributed by atoms with Crippen LogP contribution in [0.3, 0.4) is 0 Å². The number of allylic oxidation sites excluding steroid dienone is 3. The van der Waals surface area contributed by atoms with Crippen molar-refractivity contribution in [3.8, 4) is 11.1 Å². The van der Waals surface area contributed by atoms with Crippen LogP contribution in [0.4, 0.5) is 0 Å². The minimum atomic E-state index is 0.844. The Morgan fingerprint density at radius 1 is 0.491 bits per heavy atom. The Bertz CT molecular complexity index is 2960. The van der Waals surface area contributed by atoms with Gasteiger partial charge in [0.1, 0.15) is 11.2 Å². The molecule has 8 aromatic carbocycles. The quantitative estimate of drug-likeness (QED) is 0.166. The number of aliphatic imine (C=N–C) groups is 1. The van der Waals surface area contributed by atoms with Crippen molar-refractivity contribution in [1.29, 1.82) is 0 Å². The Kier molecular flexibility index (Phi) is 7.61. The minimum absolute atomic E-state index is 0.844. The van der Waals surface area contributed by atoms with Gasteiger partial charge in [0.05, 0.1) is 5.70 Å². The van der Waals surface area contributed by atoms with Gasteiger partial charge in [0, 0.05) is 22.0 Å². The lowest BCUT2D eigenvalue weighted by molar-refractivity contribution is 0.669. The van der Waals surface area contributed by atoms with Crippen LogP contribution in [-0.2, 0) is 0 Å². The van der Waals surface area contributed by atoms with Crippen LogP contribution in [0.15, 0.2) is 185 Å². The molecule has 0 unspecified atom stereocenters. The number of hydrogen-bond donors (Lipinski definition) is 0. The van der Waals surface area contributed by atoms with E-state index in [1.54, 1.807) is 0 Å². The maximum atomic E-state index is 6.38. The van der Waals surface area contributed by atoms with Crippen LogP contribution in [-0.4, -0.2) is 5.71 Å². The molecule has 10 rings (SSSR count). The van der Waals surface area contributed by atoms with Gasteiger partial charge in [0.25, 0.3) is 0 Å². The molecule has 1 aliphatic rings. The smallest absolute Gasteiger partial charge is 0.136 e. The molecule has 2 heterocycles. The van der Waals surface area contributed by atoms with Crippen molar-refractivity contribution < 1.29 is 4.42 Å². The first-order valence-electron chi connectivity index (χ1n) is 18.7. The average molecular weight is 680 g/mol. The summed E-state index contributed by atoms with van der Waals surface area (Å²) in [5.41, 5.74) is 12.5. The normalized spacial score (nSPS) is 17.2. The van der Waals surface area contributed by atoms with Gasteiger partial charge >= 0.3 is 0 Å². The Balaban J connectivity index is 1.22. The molecule has 53 heavy (non-hydrogen) atoms. The zero-order valence-corrected chi connectivity index (χ0v) is 29.6. The summed E-state index contributed by atoms with van der Waals surface area (Å²) in [5.74, 6) is 0. The molecular weight excluding hydrogens is 643 g/mol. The third-order valence-corrected chi connectivity index (χ3v) is 11.0. The van der Waals surface area contributed by atoms with E-state index in [1.807, 2.05) is 12.1 Å². The molecule has 1 aliphatic heterocycles. The summed E-state index contributed by atoms with van der Waals surface area (Å²) >= 11 is 0.